The molecule has 0 radical (unpaired) electrons. The van der Waals surface area contributed by atoms with Crippen LogP contribution >= 0.6 is 11.8 Å². The van der Waals surface area contributed by atoms with Crippen LogP contribution in [0, 0.1) is 0 Å². The summed E-state index contributed by atoms with van der Waals surface area (Å²) < 4.78 is 0. The van der Waals surface area contributed by atoms with Crippen molar-refractivity contribution in [2.24, 2.45) is 0 Å². The third-order valence-corrected chi connectivity index (χ3v) is 5.64. The average molecular weight is 403 g/mol. The molecule has 3 rings (SSSR count). The van der Waals surface area contributed by atoms with E-state index < -0.39 is 5.97 Å². The van der Waals surface area contributed by atoms with Crippen LogP contribution in [0.1, 0.15) is 60.0 Å². The number of thioether (sulfide) groups is 1. The molecule has 0 aromatic heterocycles. The molecule has 6 nitrogen and oxygen atoms in total. The van der Waals surface area contributed by atoms with E-state index in [-0.39, 0.29) is 23.1 Å². The lowest BCUT2D eigenvalue weighted by atomic mass is 9.77. The van der Waals surface area contributed by atoms with Gasteiger partial charge in [-0.05, 0) is 54.7 Å². The van der Waals surface area contributed by atoms with Crippen LogP contribution in [-0.2, 0) is 9.59 Å². The number of anilines is 1. The highest BCUT2D eigenvalue weighted by atomic mass is 32.2. The number of carboxylic acids is 1. The van der Waals surface area contributed by atoms with Gasteiger partial charge in [-0.3, -0.25) is 9.59 Å². The predicted molar refractivity (Wildman–Crippen MR) is 114 cm³/mol. The van der Waals surface area contributed by atoms with Gasteiger partial charge in [0.15, 0.2) is 0 Å². The van der Waals surface area contributed by atoms with Crippen molar-refractivity contribution in [3.63, 3.8) is 0 Å². The van der Waals surface area contributed by atoms with E-state index in [1.165, 1.54) is 19.2 Å². The average Bonchev–Trinajstić information content (AvgIpc) is 3.21. The van der Waals surface area contributed by atoms with Gasteiger partial charge in [-0.2, -0.15) is 0 Å². The highest BCUT2D eigenvalue weighted by molar-refractivity contribution is 8.02. The monoisotopic (exact) mass is 402 g/mol. The highest BCUT2D eigenvalue weighted by Gasteiger charge is 2.27. The molecule has 0 spiro atoms. The van der Waals surface area contributed by atoms with E-state index >= 15 is 0 Å². The van der Waals surface area contributed by atoms with E-state index in [0.29, 0.717) is 17.5 Å². The second-order valence-corrected chi connectivity index (χ2v) is 7.64. The second kappa shape index (κ2) is 10.7. The Hall–Kier alpha value is -2.54. The third-order valence-electron chi connectivity index (χ3n) is 4.78. The Morgan fingerprint density at radius 2 is 2.04 bits per heavy atom. The van der Waals surface area contributed by atoms with Crippen LogP contribution in [0.15, 0.2) is 29.2 Å². The molecule has 2 aliphatic rings. The molecule has 0 saturated heterocycles. The quantitative estimate of drug-likeness (QED) is 0.494. The first kappa shape index (κ1) is 21.8. The van der Waals surface area contributed by atoms with Crippen molar-refractivity contribution in [2.45, 2.75) is 38.5 Å². The Bertz CT molecular complexity index is 792. The molecule has 1 saturated carbocycles. The topological polar surface area (TPSA) is 95.5 Å². The standard InChI is InChI=1S/C17H20N2O4.C4H6S/c1-10(16(21)18-2)8-12-6-7-13(11-4-3-5-11)14(17(22)23)15(12)19-9-20;1-2-4-5-3-1/h6-9,11H,3-5H2,1-2H3,(H,18,21)(H,19,20)(H,22,23);1,3H,2,4H2/b10-8+;. The number of benzene rings is 1. The molecule has 150 valence electrons. The first-order valence-electron chi connectivity index (χ1n) is 9.27. The molecule has 0 bridgehead atoms. The SMILES string of the molecule is C1=CSCC1.CNC(=O)/C(C)=C/c1ccc(C2CCC2)c(C(=O)O)c1NC=O. The molecule has 1 aromatic carbocycles. The third kappa shape index (κ3) is 5.48. The molecular weight excluding hydrogens is 376 g/mol. The van der Waals surface area contributed by atoms with E-state index in [9.17, 15) is 19.5 Å². The molecule has 1 aromatic rings. The lowest BCUT2D eigenvalue weighted by Gasteiger charge is -2.28. The van der Waals surface area contributed by atoms with Gasteiger partial charge in [0.25, 0.3) is 0 Å². The molecule has 1 aliphatic carbocycles. The molecule has 2 amide bonds. The number of hydrogen-bond donors (Lipinski definition) is 3. The Morgan fingerprint density at radius 3 is 2.46 bits per heavy atom. The number of carbonyl (C=O) groups excluding carboxylic acids is 2. The molecule has 1 aliphatic heterocycles. The Labute approximate surface area is 169 Å². The zero-order chi connectivity index (χ0) is 20.5. The maximum absolute atomic E-state index is 11.7. The first-order valence-corrected chi connectivity index (χ1v) is 10.3. The van der Waals surface area contributed by atoms with Crippen molar-refractivity contribution in [3.8, 4) is 0 Å². The Kier molecular flexibility index (Phi) is 8.32. The van der Waals surface area contributed by atoms with Crippen molar-refractivity contribution in [1.82, 2.24) is 5.32 Å². The molecule has 28 heavy (non-hydrogen) atoms. The fourth-order valence-corrected chi connectivity index (χ4v) is 3.78. The lowest BCUT2D eigenvalue weighted by Crippen LogP contribution is -2.19. The van der Waals surface area contributed by atoms with Crippen LogP contribution in [0.3, 0.4) is 0 Å². The summed E-state index contributed by atoms with van der Waals surface area (Å²) in [6.45, 7) is 1.63. The number of aromatic carboxylic acids is 1. The molecule has 7 heteroatoms. The summed E-state index contributed by atoms with van der Waals surface area (Å²) >= 11 is 1.89. The molecule has 1 fully saturated rings. The molecule has 1 heterocycles. The molecule has 0 unspecified atom stereocenters. The van der Waals surface area contributed by atoms with Gasteiger partial charge in [0.05, 0.1) is 11.3 Å². The van der Waals surface area contributed by atoms with Gasteiger partial charge in [0, 0.05) is 18.4 Å². The van der Waals surface area contributed by atoms with Crippen LogP contribution in [0.5, 0.6) is 0 Å². The largest absolute Gasteiger partial charge is 0.478 e. The van der Waals surface area contributed by atoms with Gasteiger partial charge in [0.2, 0.25) is 12.3 Å². The summed E-state index contributed by atoms with van der Waals surface area (Å²) in [5.41, 5.74) is 2.01. The van der Waals surface area contributed by atoms with Crippen molar-refractivity contribution in [3.05, 3.63) is 45.9 Å². The van der Waals surface area contributed by atoms with E-state index in [0.717, 1.165) is 24.8 Å². The lowest BCUT2D eigenvalue weighted by molar-refractivity contribution is -0.116. The fraction of sp³-hybridized carbons (Fsp3) is 0.381. The number of rotatable bonds is 6. The van der Waals surface area contributed by atoms with Crippen molar-refractivity contribution in [2.75, 3.05) is 18.1 Å². The van der Waals surface area contributed by atoms with Crippen LogP contribution in [0.4, 0.5) is 5.69 Å². The summed E-state index contributed by atoms with van der Waals surface area (Å²) in [6.07, 6.45) is 8.49. The number of likely N-dealkylation sites (N-methyl/N-ethyl adjacent to an activating group) is 1. The highest BCUT2D eigenvalue weighted by Crippen LogP contribution is 2.41. The van der Waals surface area contributed by atoms with Crippen molar-refractivity contribution in [1.29, 1.82) is 0 Å². The van der Waals surface area contributed by atoms with Crippen LogP contribution in [-0.4, -0.2) is 36.2 Å². The maximum Gasteiger partial charge on any atom is 0.338 e. The zero-order valence-corrected chi connectivity index (χ0v) is 17.0. The number of carbonyl (C=O) groups is 3. The molecule has 3 N–H and O–H groups in total. The number of amides is 2. The van der Waals surface area contributed by atoms with Gasteiger partial charge in [-0.1, -0.05) is 24.6 Å². The summed E-state index contributed by atoms with van der Waals surface area (Å²) in [7, 11) is 1.52. The Balaban J connectivity index is 0.000000485. The van der Waals surface area contributed by atoms with Crippen LogP contribution < -0.4 is 10.6 Å². The Morgan fingerprint density at radius 1 is 1.29 bits per heavy atom. The van der Waals surface area contributed by atoms with Gasteiger partial charge >= 0.3 is 5.97 Å². The minimum absolute atomic E-state index is 0.111. The van der Waals surface area contributed by atoms with Gasteiger partial charge < -0.3 is 15.7 Å². The zero-order valence-electron chi connectivity index (χ0n) is 16.2. The van der Waals surface area contributed by atoms with Crippen LogP contribution in [0.2, 0.25) is 0 Å². The smallest absolute Gasteiger partial charge is 0.338 e. The second-order valence-electron chi connectivity index (χ2n) is 6.63. The van der Waals surface area contributed by atoms with E-state index in [4.69, 9.17) is 0 Å². The van der Waals surface area contributed by atoms with E-state index in [1.54, 1.807) is 25.1 Å². The van der Waals surface area contributed by atoms with Crippen molar-refractivity contribution < 1.29 is 19.5 Å². The van der Waals surface area contributed by atoms with Gasteiger partial charge in [-0.25, -0.2) is 4.79 Å². The molecule has 0 atom stereocenters. The number of carboxylic acid groups (broad SMARTS) is 1. The number of nitrogens with one attached hydrogen (secondary N) is 2. The summed E-state index contributed by atoms with van der Waals surface area (Å²) in [6, 6.07) is 3.53. The summed E-state index contributed by atoms with van der Waals surface area (Å²) in [5.74, 6) is 0.178. The van der Waals surface area contributed by atoms with Gasteiger partial charge in [0.1, 0.15) is 0 Å². The van der Waals surface area contributed by atoms with Gasteiger partial charge in [-0.15, -0.1) is 11.8 Å². The van der Waals surface area contributed by atoms with E-state index in [1.807, 2.05) is 11.8 Å². The minimum atomic E-state index is -1.08. The molecular formula is C21H26N2O4S. The number of allylic oxidation sites excluding steroid dienone is 1. The minimum Gasteiger partial charge on any atom is -0.478 e. The van der Waals surface area contributed by atoms with Crippen LogP contribution in [0.25, 0.3) is 6.08 Å². The van der Waals surface area contributed by atoms with E-state index in [2.05, 4.69) is 22.1 Å². The predicted octanol–water partition coefficient (Wildman–Crippen LogP) is 4.01. The maximum atomic E-state index is 11.7. The van der Waals surface area contributed by atoms with Crippen molar-refractivity contribution >= 4 is 41.8 Å². The normalized spacial score (nSPS) is 15.9. The summed E-state index contributed by atoms with van der Waals surface area (Å²) in [4.78, 5) is 34.3. The summed E-state index contributed by atoms with van der Waals surface area (Å²) in [5, 5.41) is 16.8. The fourth-order valence-electron chi connectivity index (χ4n) is 3.10. The first-order chi connectivity index (χ1) is 13.5. The number of hydrogen-bond acceptors (Lipinski definition) is 4.